The minimum atomic E-state index is -0.297. The van der Waals surface area contributed by atoms with Crippen LogP contribution in [-0.2, 0) is 5.54 Å². The highest BCUT2D eigenvalue weighted by Crippen LogP contribution is 2.35. The van der Waals surface area contributed by atoms with E-state index in [1.807, 2.05) is 12.1 Å². The third-order valence-corrected chi connectivity index (χ3v) is 3.89. The second kappa shape index (κ2) is 4.53. The predicted molar refractivity (Wildman–Crippen MR) is 69.1 cm³/mol. The standard InChI is InChI=1S/C12H16Cl2N2/c1-16-6-4-12(15,5-7-16)10-3-2-9(13)8-11(10)14/h2-3,8H,4-7,15H2,1H3. The first kappa shape index (κ1) is 12.2. The highest BCUT2D eigenvalue weighted by molar-refractivity contribution is 6.35. The lowest BCUT2D eigenvalue weighted by Gasteiger charge is -2.38. The molecule has 0 bridgehead atoms. The van der Waals surface area contributed by atoms with Gasteiger partial charge in [0.15, 0.2) is 0 Å². The molecule has 0 spiro atoms. The Labute approximate surface area is 106 Å². The summed E-state index contributed by atoms with van der Waals surface area (Å²) in [4.78, 5) is 2.29. The zero-order valence-corrected chi connectivity index (χ0v) is 10.9. The summed E-state index contributed by atoms with van der Waals surface area (Å²) in [5.41, 5.74) is 7.16. The van der Waals surface area contributed by atoms with E-state index in [1.165, 1.54) is 0 Å². The normalized spacial score (nSPS) is 21.0. The summed E-state index contributed by atoms with van der Waals surface area (Å²) in [7, 11) is 2.11. The molecule has 88 valence electrons. The van der Waals surface area contributed by atoms with Crippen LogP contribution >= 0.6 is 23.2 Å². The van der Waals surface area contributed by atoms with Crippen LogP contribution in [0.2, 0.25) is 10.0 Å². The fraction of sp³-hybridized carbons (Fsp3) is 0.500. The molecule has 1 aliphatic rings. The van der Waals surface area contributed by atoms with Crippen molar-refractivity contribution in [1.29, 1.82) is 0 Å². The molecule has 1 aliphatic heterocycles. The lowest BCUT2D eigenvalue weighted by molar-refractivity contribution is 0.191. The van der Waals surface area contributed by atoms with Crippen molar-refractivity contribution in [2.24, 2.45) is 5.73 Å². The van der Waals surface area contributed by atoms with E-state index in [1.54, 1.807) is 6.07 Å². The number of nitrogens with zero attached hydrogens (tertiary/aromatic N) is 1. The van der Waals surface area contributed by atoms with Gasteiger partial charge in [-0.25, -0.2) is 0 Å². The van der Waals surface area contributed by atoms with Crippen LogP contribution in [0.3, 0.4) is 0 Å². The van der Waals surface area contributed by atoms with Gasteiger partial charge in [0.2, 0.25) is 0 Å². The molecule has 2 nitrogen and oxygen atoms in total. The molecule has 1 heterocycles. The summed E-state index contributed by atoms with van der Waals surface area (Å²) in [6.45, 7) is 2.02. The molecule has 1 saturated heterocycles. The first-order valence-electron chi connectivity index (χ1n) is 5.44. The van der Waals surface area contributed by atoms with Crippen molar-refractivity contribution in [2.75, 3.05) is 20.1 Å². The molecule has 0 unspecified atom stereocenters. The number of nitrogens with two attached hydrogens (primary N) is 1. The minimum Gasteiger partial charge on any atom is -0.321 e. The van der Waals surface area contributed by atoms with Crippen molar-refractivity contribution in [3.05, 3.63) is 33.8 Å². The van der Waals surface area contributed by atoms with Crippen LogP contribution in [0.1, 0.15) is 18.4 Å². The number of rotatable bonds is 1. The first-order chi connectivity index (χ1) is 7.51. The number of benzene rings is 1. The van der Waals surface area contributed by atoms with Crippen LogP contribution in [0.15, 0.2) is 18.2 Å². The van der Waals surface area contributed by atoms with E-state index in [-0.39, 0.29) is 5.54 Å². The molecular formula is C12H16Cl2N2. The van der Waals surface area contributed by atoms with Gasteiger partial charge in [-0.3, -0.25) is 0 Å². The van der Waals surface area contributed by atoms with E-state index in [0.29, 0.717) is 10.0 Å². The van der Waals surface area contributed by atoms with E-state index in [9.17, 15) is 0 Å². The van der Waals surface area contributed by atoms with Crippen LogP contribution in [0, 0.1) is 0 Å². The summed E-state index contributed by atoms with van der Waals surface area (Å²) >= 11 is 12.1. The highest BCUT2D eigenvalue weighted by Gasteiger charge is 2.32. The highest BCUT2D eigenvalue weighted by atomic mass is 35.5. The zero-order valence-electron chi connectivity index (χ0n) is 9.34. The number of hydrogen-bond donors (Lipinski definition) is 1. The van der Waals surface area contributed by atoms with Crippen molar-refractivity contribution >= 4 is 23.2 Å². The second-order valence-corrected chi connectivity index (χ2v) is 5.43. The van der Waals surface area contributed by atoms with Crippen LogP contribution in [0.4, 0.5) is 0 Å². The maximum Gasteiger partial charge on any atom is 0.0471 e. The van der Waals surface area contributed by atoms with Crippen molar-refractivity contribution < 1.29 is 0 Å². The summed E-state index contributed by atoms with van der Waals surface area (Å²) < 4.78 is 0. The first-order valence-corrected chi connectivity index (χ1v) is 6.20. The van der Waals surface area contributed by atoms with E-state index in [0.717, 1.165) is 31.5 Å². The predicted octanol–water partition coefficient (Wildman–Crippen LogP) is 2.87. The Balaban J connectivity index is 2.29. The SMILES string of the molecule is CN1CCC(N)(c2ccc(Cl)cc2Cl)CC1. The maximum absolute atomic E-state index is 6.44. The molecule has 1 fully saturated rings. The molecule has 0 saturated carbocycles. The van der Waals surface area contributed by atoms with Gasteiger partial charge in [0.1, 0.15) is 0 Å². The van der Waals surface area contributed by atoms with Crippen LogP contribution in [0.25, 0.3) is 0 Å². The van der Waals surface area contributed by atoms with Crippen LogP contribution < -0.4 is 5.73 Å². The molecule has 0 atom stereocenters. The molecule has 1 aromatic rings. The third-order valence-electron chi connectivity index (χ3n) is 3.35. The van der Waals surface area contributed by atoms with Gasteiger partial charge in [-0.05, 0) is 50.7 Å². The third kappa shape index (κ3) is 2.35. The molecule has 4 heteroatoms. The second-order valence-electron chi connectivity index (χ2n) is 4.58. The molecule has 0 aromatic heterocycles. The summed E-state index contributed by atoms with van der Waals surface area (Å²) in [5.74, 6) is 0. The Hall–Kier alpha value is -0.280. The van der Waals surface area contributed by atoms with E-state index in [4.69, 9.17) is 28.9 Å². The monoisotopic (exact) mass is 258 g/mol. The van der Waals surface area contributed by atoms with E-state index in [2.05, 4.69) is 11.9 Å². The molecular weight excluding hydrogens is 243 g/mol. The van der Waals surface area contributed by atoms with Crippen LogP contribution in [0.5, 0.6) is 0 Å². The smallest absolute Gasteiger partial charge is 0.0471 e. The van der Waals surface area contributed by atoms with E-state index < -0.39 is 0 Å². The van der Waals surface area contributed by atoms with Gasteiger partial charge in [0, 0.05) is 15.6 Å². The Morgan fingerprint density at radius 3 is 2.44 bits per heavy atom. The fourth-order valence-corrected chi connectivity index (χ4v) is 2.78. The quantitative estimate of drug-likeness (QED) is 0.840. The number of likely N-dealkylation sites (tertiary alicyclic amines) is 1. The van der Waals surface area contributed by atoms with Gasteiger partial charge >= 0.3 is 0 Å². The van der Waals surface area contributed by atoms with Gasteiger partial charge in [-0.1, -0.05) is 29.3 Å². The Morgan fingerprint density at radius 2 is 1.88 bits per heavy atom. The lowest BCUT2D eigenvalue weighted by Crippen LogP contribution is -2.47. The topological polar surface area (TPSA) is 29.3 Å². The van der Waals surface area contributed by atoms with Gasteiger partial charge in [-0.2, -0.15) is 0 Å². The lowest BCUT2D eigenvalue weighted by atomic mass is 9.82. The van der Waals surface area contributed by atoms with Gasteiger partial charge in [-0.15, -0.1) is 0 Å². The van der Waals surface area contributed by atoms with Crippen molar-refractivity contribution in [3.63, 3.8) is 0 Å². The molecule has 0 amide bonds. The number of piperidine rings is 1. The zero-order chi connectivity index (χ0) is 11.8. The van der Waals surface area contributed by atoms with Crippen molar-refractivity contribution in [2.45, 2.75) is 18.4 Å². The Bertz CT molecular complexity index is 385. The van der Waals surface area contributed by atoms with Gasteiger partial charge in [0.25, 0.3) is 0 Å². The molecule has 0 radical (unpaired) electrons. The average Bonchev–Trinajstić information content (AvgIpc) is 2.22. The molecule has 1 aromatic carbocycles. The maximum atomic E-state index is 6.44. The molecule has 2 N–H and O–H groups in total. The summed E-state index contributed by atoms with van der Waals surface area (Å²) in [6.07, 6.45) is 1.87. The van der Waals surface area contributed by atoms with E-state index >= 15 is 0 Å². The van der Waals surface area contributed by atoms with Crippen molar-refractivity contribution in [1.82, 2.24) is 4.90 Å². The minimum absolute atomic E-state index is 0.297. The molecule has 2 rings (SSSR count). The Morgan fingerprint density at radius 1 is 1.25 bits per heavy atom. The number of halogens is 2. The van der Waals surface area contributed by atoms with Crippen molar-refractivity contribution in [3.8, 4) is 0 Å². The van der Waals surface area contributed by atoms with Gasteiger partial charge in [0.05, 0.1) is 0 Å². The Kier molecular flexibility index (Phi) is 3.45. The number of hydrogen-bond acceptors (Lipinski definition) is 2. The average molecular weight is 259 g/mol. The fourth-order valence-electron chi connectivity index (χ4n) is 2.18. The molecule has 0 aliphatic carbocycles. The summed E-state index contributed by atoms with van der Waals surface area (Å²) in [6, 6.07) is 5.58. The largest absolute Gasteiger partial charge is 0.321 e. The summed E-state index contributed by atoms with van der Waals surface area (Å²) in [5, 5.41) is 1.34. The molecule has 16 heavy (non-hydrogen) atoms. The van der Waals surface area contributed by atoms with Gasteiger partial charge < -0.3 is 10.6 Å². The van der Waals surface area contributed by atoms with Crippen LogP contribution in [-0.4, -0.2) is 25.0 Å².